The molecule has 1 aliphatic rings. The molecule has 0 saturated carbocycles. The molecule has 0 aromatic heterocycles. The minimum absolute atomic E-state index is 0.00795. The fourth-order valence-electron chi connectivity index (χ4n) is 3.22. The van der Waals surface area contributed by atoms with Crippen LogP contribution in [0.3, 0.4) is 0 Å². The third kappa shape index (κ3) is 4.11. The van der Waals surface area contributed by atoms with Gasteiger partial charge in [0.25, 0.3) is 0 Å². The maximum atomic E-state index is 12.4. The smallest absolute Gasteiger partial charge is 0.247 e. The molecular weight excluding hydrogens is 386 g/mol. The van der Waals surface area contributed by atoms with Crippen LogP contribution in [0.5, 0.6) is 0 Å². The first-order chi connectivity index (χ1) is 13.9. The van der Waals surface area contributed by atoms with Gasteiger partial charge in [0.1, 0.15) is 0 Å². The molecule has 3 aromatic carbocycles. The summed E-state index contributed by atoms with van der Waals surface area (Å²) in [6, 6.07) is 24.0. The summed E-state index contributed by atoms with van der Waals surface area (Å²) in [5.41, 5.74) is 4.50. The average molecular weight is 405 g/mol. The molecule has 0 unspecified atom stereocenters. The molecule has 0 saturated heterocycles. The van der Waals surface area contributed by atoms with E-state index in [1.165, 1.54) is 29.3 Å². The molecule has 3 aromatic rings. The molecule has 1 amide bonds. The molecule has 4 rings (SSSR count). The van der Waals surface area contributed by atoms with Crippen molar-refractivity contribution in [3.63, 3.8) is 0 Å². The van der Waals surface area contributed by atoms with Gasteiger partial charge in [-0.2, -0.15) is 5.10 Å². The summed E-state index contributed by atoms with van der Waals surface area (Å²) in [6.45, 7) is 0. The van der Waals surface area contributed by atoms with E-state index >= 15 is 0 Å². The zero-order valence-corrected chi connectivity index (χ0v) is 16.3. The number of benzene rings is 3. The van der Waals surface area contributed by atoms with Gasteiger partial charge < -0.3 is 0 Å². The van der Waals surface area contributed by atoms with Crippen LogP contribution < -0.4 is 10.1 Å². The molecule has 6 nitrogen and oxygen atoms in total. The summed E-state index contributed by atoms with van der Waals surface area (Å²) in [7, 11) is -3.78. The summed E-state index contributed by atoms with van der Waals surface area (Å²) in [5, 5.41) is 11.0. The molecule has 1 heterocycles. The van der Waals surface area contributed by atoms with Gasteiger partial charge >= 0.3 is 0 Å². The highest BCUT2D eigenvalue weighted by Gasteiger charge is 2.23. The van der Waals surface area contributed by atoms with Gasteiger partial charge in [0.2, 0.25) is 15.9 Å². The lowest BCUT2D eigenvalue weighted by atomic mass is 9.99. The number of primary sulfonamides is 1. The molecular formula is C22H19N3O3S. The van der Waals surface area contributed by atoms with Gasteiger partial charge in [-0.05, 0) is 41.0 Å². The van der Waals surface area contributed by atoms with Crippen LogP contribution in [0, 0.1) is 0 Å². The number of hydrogen-bond acceptors (Lipinski definition) is 4. The van der Waals surface area contributed by atoms with Gasteiger partial charge in [0.05, 0.1) is 16.3 Å². The van der Waals surface area contributed by atoms with Gasteiger partial charge in [-0.3, -0.25) is 4.79 Å². The SMILES string of the molecule is NS(=O)(=O)c1ccc(N2N=C(c3ccc(-c4ccccc4)cc3)CCC2=O)cc1. The fraction of sp³-hybridized carbons (Fsp3) is 0.0909. The highest BCUT2D eigenvalue weighted by atomic mass is 32.2. The van der Waals surface area contributed by atoms with Crippen LogP contribution in [0.4, 0.5) is 5.69 Å². The highest BCUT2D eigenvalue weighted by molar-refractivity contribution is 7.89. The normalized spacial score (nSPS) is 14.6. The van der Waals surface area contributed by atoms with Crippen molar-refractivity contribution in [2.45, 2.75) is 17.7 Å². The fourth-order valence-corrected chi connectivity index (χ4v) is 3.74. The van der Waals surface area contributed by atoms with Crippen molar-refractivity contribution in [2.24, 2.45) is 10.2 Å². The Bertz CT molecular complexity index is 1170. The lowest BCUT2D eigenvalue weighted by molar-refractivity contribution is -0.118. The molecule has 0 radical (unpaired) electrons. The summed E-state index contributed by atoms with van der Waals surface area (Å²) in [5.74, 6) is -0.141. The number of hydrazone groups is 1. The zero-order chi connectivity index (χ0) is 20.4. The standard InChI is InChI=1S/C22H19N3O3S/c23-29(27,28)20-12-10-19(11-13-20)25-22(26)15-14-21(24-25)18-8-6-17(7-9-18)16-4-2-1-3-5-16/h1-13H,14-15H2,(H2,23,27,28). The van der Waals surface area contributed by atoms with Gasteiger partial charge in [-0.15, -0.1) is 0 Å². The highest BCUT2D eigenvalue weighted by Crippen LogP contribution is 2.25. The molecule has 0 aliphatic carbocycles. The zero-order valence-electron chi connectivity index (χ0n) is 15.5. The number of sulfonamides is 1. The Hall–Kier alpha value is -3.29. The van der Waals surface area contributed by atoms with E-state index in [1.807, 2.05) is 42.5 Å². The summed E-state index contributed by atoms with van der Waals surface area (Å²) < 4.78 is 22.8. The first-order valence-corrected chi connectivity index (χ1v) is 10.7. The number of carbonyl (C=O) groups is 1. The maximum Gasteiger partial charge on any atom is 0.247 e. The quantitative estimate of drug-likeness (QED) is 0.720. The second-order valence-corrected chi connectivity index (χ2v) is 8.30. The molecule has 146 valence electrons. The summed E-state index contributed by atoms with van der Waals surface area (Å²) >= 11 is 0. The van der Waals surface area contributed by atoms with E-state index in [-0.39, 0.29) is 10.8 Å². The molecule has 2 N–H and O–H groups in total. The van der Waals surface area contributed by atoms with Crippen molar-refractivity contribution < 1.29 is 13.2 Å². The Morgan fingerprint density at radius 1 is 0.759 bits per heavy atom. The van der Waals surface area contributed by atoms with Gasteiger partial charge in [0, 0.05) is 12.8 Å². The predicted molar refractivity (Wildman–Crippen MR) is 113 cm³/mol. The number of hydrogen-bond donors (Lipinski definition) is 1. The Balaban J connectivity index is 1.62. The van der Waals surface area contributed by atoms with Crippen LogP contribution in [0.15, 0.2) is 88.9 Å². The van der Waals surface area contributed by atoms with Crippen molar-refractivity contribution in [1.82, 2.24) is 0 Å². The Morgan fingerprint density at radius 2 is 1.34 bits per heavy atom. The third-order valence-corrected chi connectivity index (χ3v) is 5.70. The Labute approximate surface area is 169 Å². The van der Waals surface area contributed by atoms with E-state index in [2.05, 4.69) is 17.2 Å². The molecule has 0 fully saturated rings. The van der Waals surface area contributed by atoms with Gasteiger partial charge in [-0.1, -0.05) is 54.6 Å². The Morgan fingerprint density at radius 3 is 1.97 bits per heavy atom. The van der Waals surface area contributed by atoms with Crippen molar-refractivity contribution >= 4 is 27.3 Å². The first-order valence-electron chi connectivity index (χ1n) is 9.11. The van der Waals surface area contributed by atoms with E-state index < -0.39 is 10.0 Å². The third-order valence-electron chi connectivity index (χ3n) is 4.77. The maximum absolute atomic E-state index is 12.4. The topological polar surface area (TPSA) is 92.8 Å². The molecule has 7 heteroatoms. The van der Waals surface area contributed by atoms with Crippen LogP contribution in [0.25, 0.3) is 11.1 Å². The van der Waals surface area contributed by atoms with E-state index in [4.69, 9.17) is 5.14 Å². The minimum atomic E-state index is -3.78. The monoisotopic (exact) mass is 405 g/mol. The molecule has 1 aliphatic heterocycles. The van der Waals surface area contributed by atoms with Crippen LogP contribution in [0.1, 0.15) is 18.4 Å². The van der Waals surface area contributed by atoms with E-state index in [1.54, 1.807) is 0 Å². The largest absolute Gasteiger partial charge is 0.273 e. The lowest BCUT2D eigenvalue weighted by Crippen LogP contribution is -2.31. The summed E-state index contributed by atoms with van der Waals surface area (Å²) in [4.78, 5) is 12.4. The van der Waals surface area contributed by atoms with Crippen LogP contribution >= 0.6 is 0 Å². The number of rotatable bonds is 4. The van der Waals surface area contributed by atoms with Crippen molar-refractivity contribution in [1.29, 1.82) is 0 Å². The van der Waals surface area contributed by atoms with E-state index in [0.29, 0.717) is 18.5 Å². The van der Waals surface area contributed by atoms with Crippen molar-refractivity contribution in [2.75, 3.05) is 5.01 Å². The minimum Gasteiger partial charge on any atom is -0.273 e. The summed E-state index contributed by atoms with van der Waals surface area (Å²) in [6.07, 6.45) is 0.880. The first kappa shape index (κ1) is 19.0. The van der Waals surface area contributed by atoms with Crippen molar-refractivity contribution in [3.05, 3.63) is 84.4 Å². The number of anilines is 1. The van der Waals surface area contributed by atoms with Crippen LogP contribution in [-0.4, -0.2) is 20.0 Å². The molecule has 29 heavy (non-hydrogen) atoms. The van der Waals surface area contributed by atoms with Gasteiger partial charge in [-0.25, -0.2) is 18.6 Å². The van der Waals surface area contributed by atoms with E-state index in [0.717, 1.165) is 22.4 Å². The van der Waals surface area contributed by atoms with Crippen LogP contribution in [0.2, 0.25) is 0 Å². The number of carbonyl (C=O) groups excluding carboxylic acids is 1. The van der Waals surface area contributed by atoms with E-state index in [9.17, 15) is 13.2 Å². The molecule has 0 atom stereocenters. The lowest BCUT2D eigenvalue weighted by Gasteiger charge is -2.24. The Kier molecular flexibility index (Phi) is 5.00. The molecule has 0 bridgehead atoms. The van der Waals surface area contributed by atoms with Crippen molar-refractivity contribution in [3.8, 4) is 11.1 Å². The number of nitrogens with zero attached hydrogens (tertiary/aromatic N) is 2. The van der Waals surface area contributed by atoms with Gasteiger partial charge in [0.15, 0.2) is 0 Å². The number of nitrogens with two attached hydrogens (primary N) is 1. The molecule has 0 spiro atoms. The number of amides is 1. The predicted octanol–water partition coefficient (Wildman–Crippen LogP) is 3.53. The van der Waals surface area contributed by atoms with Crippen LogP contribution in [-0.2, 0) is 14.8 Å². The second kappa shape index (κ2) is 7.62. The average Bonchev–Trinajstić information content (AvgIpc) is 2.74. The second-order valence-electron chi connectivity index (χ2n) is 6.73.